The predicted molar refractivity (Wildman–Crippen MR) is 145 cm³/mol. The van der Waals surface area contributed by atoms with Crippen molar-refractivity contribution in [1.29, 1.82) is 0 Å². The Kier molecular flexibility index (Phi) is 7.37. The summed E-state index contributed by atoms with van der Waals surface area (Å²) in [5.74, 6) is -0.0809. The average molecular weight is 504 g/mol. The molecule has 1 aromatic heterocycles. The zero-order chi connectivity index (χ0) is 25.9. The molecule has 2 aliphatic heterocycles. The summed E-state index contributed by atoms with van der Waals surface area (Å²) >= 11 is 0. The van der Waals surface area contributed by atoms with Gasteiger partial charge in [-0.25, -0.2) is 4.39 Å². The maximum atomic E-state index is 13.7. The Morgan fingerprint density at radius 1 is 1.08 bits per heavy atom. The number of likely N-dealkylation sites (tertiary alicyclic amines) is 2. The van der Waals surface area contributed by atoms with Gasteiger partial charge in [0.05, 0.1) is 24.2 Å². The van der Waals surface area contributed by atoms with Crippen LogP contribution < -0.4 is 10.2 Å². The van der Waals surface area contributed by atoms with Gasteiger partial charge in [-0.2, -0.15) is 0 Å². The number of anilines is 2. The number of nitrogens with zero attached hydrogens (tertiary/aromatic N) is 4. The molecule has 2 aromatic carbocycles. The van der Waals surface area contributed by atoms with E-state index in [4.69, 9.17) is 0 Å². The Morgan fingerprint density at radius 2 is 1.84 bits per heavy atom. The zero-order valence-corrected chi connectivity index (χ0v) is 21.4. The molecule has 2 saturated heterocycles. The second kappa shape index (κ2) is 10.8. The summed E-state index contributed by atoms with van der Waals surface area (Å²) in [5.41, 5.74) is 3.02. The molecule has 0 radical (unpaired) electrons. The number of nitrogens with one attached hydrogen (secondary N) is 1. The van der Waals surface area contributed by atoms with Gasteiger partial charge in [0, 0.05) is 61.6 Å². The molecule has 3 aromatic rings. The molecule has 37 heavy (non-hydrogen) atoms. The van der Waals surface area contributed by atoms with Gasteiger partial charge in [0.1, 0.15) is 6.17 Å². The SMILES string of the molecule is C[C@@H]1C[C@H](F)CN1C(=O)CN1CCC(Nc2ccc(C(=O)N(C)c3ccccc3)c3ncccc23)CC1. The fourth-order valence-corrected chi connectivity index (χ4v) is 5.47. The van der Waals surface area contributed by atoms with Crippen molar-refractivity contribution in [3.8, 4) is 0 Å². The Labute approximate surface area is 217 Å². The molecule has 2 atom stereocenters. The van der Waals surface area contributed by atoms with Gasteiger partial charge in [0.25, 0.3) is 5.91 Å². The second-order valence-electron chi connectivity index (χ2n) is 10.2. The number of piperidine rings is 1. The lowest BCUT2D eigenvalue weighted by molar-refractivity contribution is -0.133. The third-order valence-electron chi connectivity index (χ3n) is 7.60. The standard InChI is InChI=1S/C29H34FN5O2/c1-20-17-21(30)18-35(20)27(36)19-34-15-12-22(13-16-34)32-26-11-10-25(28-24(26)9-6-14-31-28)29(37)33(2)23-7-4-3-5-8-23/h3-11,14,20-22,32H,12-13,15-19H2,1-2H3/t20-,21+/m1/s1. The summed E-state index contributed by atoms with van der Waals surface area (Å²) < 4.78 is 13.7. The van der Waals surface area contributed by atoms with Gasteiger partial charge in [-0.15, -0.1) is 0 Å². The van der Waals surface area contributed by atoms with Crippen LogP contribution in [0.15, 0.2) is 60.8 Å². The second-order valence-corrected chi connectivity index (χ2v) is 10.2. The van der Waals surface area contributed by atoms with E-state index in [1.54, 1.807) is 23.0 Å². The molecule has 1 N–H and O–H groups in total. The van der Waals surface area contributed by atoms with Crippen molar-refractivity contribution < 1.29 is 14.0 Å². The van der Waals surface area contributed by atoms with E-state index in [1.165, 1.54) is 0 Å². The molecule has 0 saturated carbocycles. The van der Waals surface area contributed by atoms with Gasteiger partial charge >= 0.3 is 0 Å². The maximum Gasteiger partial charge on any atom is 0.260 e. The first-order chi connectivity index (χ1) is 17.9. The number of carbonyl (C=O) groups is 2. The number of halogens is 1. The van der Waals surface area contributed by atoms with Gasteiger partial charge < -0.3 is 15.1 Å². The van der Waals surface area contributed by atoms with E-state index in [2.05, 4.69) is 15.2 Å². The summed E-state index contributed by atoms with van der Waals surface area (Å²) in [6, 6.07) is 17.5. The lowest BCUT2D eigenvalue weighted by atomic mass is 10.0. The zero-order valence-electron chi connectivity index (χ0n) is 21.4. The molecule has 0 spiro atoms. The van der Waals surface area contributed by atoms with Crippen LogP contribution in [0.2, 0.25) is 0 Å². The molecule has 194 valence electrons. The van der Waals surface area contributed by atoms with E-state index >= 15 is 0 Å². The van der Waals surface area contributed by atoms with E-state index in [0.717, 1.165) is 42.7 Å². The monoisotopic (exact) mass is 503 g/mol. The fourth-order valence-electron chi connectivity index (χ4n) is 5.47. The van der Waals surface area contributed by atoms with Crippen LogP contribution in [0, 0.1) is 0 Å². The molecule has 2 fully saturated rings. The molecule has 8 heteroatoms. The molecule has 0 bridgehead atoms. The van der Waals surface area contributed by atoms with Crippen molar-refractivity contribution in [3.05, 3.63) is 66.4 Å². The highest BCUT2D eigenvalue weighted by molar-refractivity contribution is 6.14. The molecule has 0 aliphatic carbocycles. The summed E-state index contributed by atoms with van der Waals surface area (Å²) in [7, 11) is 1.78. The highest BCUT2D eigenvalue weighted by atomic mass is 19.1. The lowest BCUT2D eigenvalue weighted by Crippen LogP contribution is -2.46. The summed E-state index contributed by atoms with van der Waals surface area (Å²) in [4.78, 5) is 36.1. The van der Waals surface area contributed by atoms with Crippen molar-refractivity contribution in [2.75, 3.05) is 43.4 Å². The minimum atomic E-state index is -0.904. The number of alkyl halides is 1. The maximum absolute atomic E-state index is 13.7. The van der Waals surface area contributed by atoms with E-state index in [1.807, 2.05) is 61.5 Å². The molecule has 2 aliphatic rings. The number of pyridine rings is 1. The first kappa shape index (κ1) is 25.1. The Morgan fingerprint density at radius 3 is 2.54 bits per heavy atom. The first-order valence-electron chi connectivity index (χ1n) is 13.0. The van der Waals surface area contributed by atoms with Crippen LogP contribution in [-0.2, 0) is 4.79 Å². The van der Waals surface area contributed by atoms with Gasteiger partial charge in [-0.05, 0) is 56.2 Å². The quantitative estimate of drug-likeness (QED) is 0.542. The molecule has 2 amide bonds. The van der Waals surface area contributed by atoms with Crippen molar-refractivity contribution in [2.45, 2.75) is 44.4 Å². The molecule has 7 nitrogen and oxygen atoms in total. The van der Waals surface area contributed by atoms with Crippen molar-refractivity contribution in [2.24, 2.45) is 0 Å². The fraction of sp³-hybridized carbons (Fsp3) is 0.414. The van der Waals surface area contributed by atoms with Crippen LogP contribution in [0.4, 0.5) is 15.8 Å². The smallest absolute Gasteiger partial charge is 0.260 e. The summed E-state index contributed by atoms with van der Waals surface area (Å²) in [6.45, 7) is 4.10. The predicted octanol–water partition coefficient (Wildman–Crippen LogP) is 4.35. The minimum absolute atomic E-state index is 0.0223. The normalized spacial score (nSPS) is 20.8. The number of benzene rings is 2. The van der Waals surface area contributed by atoms with Gasteiger partial charge in [0.15, 0.2) is 0 Å². The number of hydrogen-bond donors (Lipinski definition) is 1. The molecule has 3 heterocycles. The van der Waals surface area contributed by atoms with Crippen molar-refractivity contribution in [3.63, 3.8) is 0 Å². The number of hydrogen-bond acceptors (Lipinski definition) is 5. The van der Waals surface area contributed by atoms with Gasteiger partial charge in [-0.3, -0.25) is 19.5 Å². The molecule has 5 rings (SSSR count). The number of amides is 2. The highest BCUT2D eigenvalue weighted by Gasteiger charge is 2.33. The largest absolute Gasteiger partial charge is 0.382 e. The number of para-hydroxylation sites is 1. The van der Waals surface area contributed by atoms with Crippen LogP contribution in [-0.4, -0.2) is 78.1 Å². The van der Waals surface area contributed by atoms with Crippen LogP contribution >= 0.6 is 0 Å². The molecular formula is C29H34FN5O2. The number of carbonyl (C=O) groups excluding carboxylic acids is 2. The van der Waals surface area contributed by atoms with Crippen molar-refractivity contribution in [1.82, 2.24) is 14.8 Å². The highest BCUT2D eigenvalue weighted by Crippen LogP contribution is 2.29. The van der Waals surface area contributed by atoms with Crippen molar-refractivity contribution >= 4 is 34.1 Å². The average Bonchev–Trinajstić information content (AvgIpc) is 3.27. The van der Waals surface area contributed by atoms with Crippen LogP contribution in [0.5, 0.6) is 0 Å². The van der Waals surface area contributed by atoms with E-state index < -0.39 is 6.17 Å². The Balaban J connectivity index is 1.24. The Bertz CT molecular complexity index is 1260. The van der Waals surface area contributed by atoms with Gasteiger partial charge in [0.2, 0.25) is 5.91 Å². The first-order valence-corrected chi connectivity index (χ1v) is 13.0. The van der Waals surface area contributed by atoms with E-state index in [-0.39, 0.29) is 30.4 Å². The summed E-state index contributed by atoms with van der Waals surface area (Å²) in [6.07, 6.45) is 3.04. The molecular weight excluding hydrogens is 469 g/mol. The third-order valence-corrected chi connectivity index (χ3v) is 7.60. The van der Waals surface area contributed by atoms with Gasteiger partial charge in [-0.1, -0.05) is 18.2 Å². The topological polar surface area (TPSA) is 68.8 Å². The number of fused-ring (bicyclic) bond motifs is 1. The minimum Gasteiger partial charge on any atom is -0.382 e. The van der Waals surface area contributed by atoms with Crippen LogP contribution in [0.3, 0.4) is 0 Å². The third kappa shape index (κ3) is 5.44. The van der Waals surface area contributed by atoms with Crippen LogP contribution in [0.1, 0.15) is 36.5 Å². The number of rotatable bonds is 6. The Hall–Kier alpha value is -3.52. The van der Waals surface area contributed by atoms with E-state index in [9.17, 15) is 14.0 Å². The van der Waals surface area contributed by atoms with Crippen LogP contribution in [0.25, 0.3) is 10.9 Å². The molecule has 0 unspecified atom stereocenters. The number of aromatic nitrogens is 1. The summed E-state index contributed by atoms with van der Waals surface area (Å²) in [5, 5.41) is 4.57. The lowest BCUT2D eigenvalue weighted by Gasteiger charge is -2.34. The van der Waals surface area contributed by atoms with E-state index in [0.29, 0.717) is 24.0 Å².